The van der Waals surface area contributed by atoms with Crippen molar-refractivity contribution in [3.05, 3.63) is 57.5 Å². The lowest BCUT2D eigenvalue weighted by Crippen LogP contribution is -2.22. The minimum atomic E-state index is -0.468. The Bertz CT molecular complexity index is 720. The van der Waals surface area contributed by atoms with E-state index < -0.39 is 5.97 Å². The van der Waals surface area contributed by atoms with Gasteiger partial charge in [0.2, 0.25) is 5.91 Å². The van der Waals surface area contributed by atoms with E-state index in [2.05, 4.69) is 31.3 Å². The molecule has 0 radical (unpaired) electrons. The Morgan fingerprint density at radius 3 is 2.52 bits per heavy atom. The molecule has 120 valence electrons. The average Bonchev–Trinajstić information content (AvgIpc) is 2.55. The lowest BCUT2D eigenvalue weighted by molar-refractivity contribution is -0.114. The monoisotopic (exact) mass is 396 g/mol. The van der Waals surface area contributed by atoms with Gasteiger partial charge in [-0.3, -0.25) is 4.79 Å². The Hall–Kier alpha value is -2.05. The van der Waals surface area contributed by atoms with E-state index >= 15 is 0 Å². The number of esters is 1. The fraction of sp³-hybridized carbons (Fsp3) is 0.125. The molecule has 2 N–H and O–H groups in total. The Kier molecular flexibility index (Phi) is 6.01. The van der Waals surface area contributed by atoms with E-state index in [0.29, 0.717) is 22.0 Å². The molecule has 0 fully saturated rings. The van der Waals surface area contributed by atoms with E-state index in [-0.39, 0.29) is 12.5 Å². The van der Waals surface area contributed by atoms with Gasteiger partial charge in [-0.05, 0) is 42.5 Å². The number of carbonyl (C=O) groups is 2. The lowest BCUT2D eigenvalue weighted by Gasteiger charge is -2.10. The molecule has 0 aliphatic heterocycles. The molecule has 23 heavy (non-hydrogen) atoms. The number of nitrogens with one attached hydrogen (secondary N) is 2. The molecule has 0 bridgehead atoms. The maximum atomic E-state index is 11.9. The number of anilines is 2. The molecule has 2 aromatic carbocycles. The second-order valence-corrected chi connectivity index (χ2v) is 5.92. The van der Waals surface area contributed by atoms with Crippen molar-refractivity contribution in [2.24, 2.45) is 0 Å². The Morgan fingerprint density at radius 2 is 1.87 bits per heavy atom. The highest BCUT2D eigenvalue weighted by Gasteiger charge is 2.10. The van der Waals surface area contributed by atoms with Crippen LogP contribution in [0, 0.1) is 0 Å². The molecule has 1 amide bonds. The third-order valence-electron chi connectivity index (χ3n) is 2.95. The van der Waals surface area contributed by atoms with Gasteiger partial charge in [-0.1, -0.05) is 27.5 Å². The maximum Gasteiger partial charge on any atom is 0.337 e. The van der Waals surface area contributed by atoms with Gasteiger partial charge in [0.15, 0.2) is 0 Å². The molecule has 0 spiro atoms. The predicted octanol–water partition coefficient (Wildman–Crippen LogP) is 3.94. The van der Waals surface area contributed by atoms with Crippen molar-refractivity contribution in [3.63, 3.8) is 0 Å². The summed E-state index contributed by atoms with van der Waals surface area (Å²) in [5, 5.41) is 6.06. The second kappa shape index (κ2) is 7.99. The standard InChI is InChI=1S/C16H14BrClN2O3/c1-23-16(22)10-2-7-13(18)14(8-10)19-9-15(21)20-12-5-3-11(17)4-6-12/h2-8,19H,9H2,1H3,(H,20,21). The van der Waals surface area contributed by atoms with E-state index in [1.54, 1.807) is 30.3 Å². The highest BCUT2D eigenvalue weighted by molar-refractivity contribution is 9.10. The zero-order valence-electron chi connectivity index (χ0n) is 12.2. The second-order valence-electron chi connectivity index (χ2n) is 4.59. The normalized spacial score (nSPS) is 10.0. The van der Waals surface area contributed by atoms with Crippen molar-refractivity contribution in [2.45, 2.75) is 0 Å². The van der Waals surface area contributed by atoms with Gasteiger partial charge >= 0.3 is 5.97 Å². The van der Waals surface area contributed by atoms with Crippen LogP contribution in [0.3, 0.4) is 0 Å². The van der Waals surface area contributed by atoms with Crippen LogP contribution < -0.4 is 10.6 Å². The fourth-order valence-corrected chi connectivity index (χ4v) is 2.27. The molecule has 0 heterocycles. The molecule has 7 heteroatoms. The minimum Gasteiger partial charge on any atom is -0.465 e. The summed E-state index contributed by atoms with van der Waals surface area (Å²) in [5.41, 5.74) is 1.53. The van der Waals surface area contributed by atoms with Crippen LogP contribution in [0.15, 0.2) is 46.9 Å². The zero-order valence-corrected chi connectivity index (χ0v) is 14.6. The number of hydrogen-bond acceptors (Lipinski definition) is 4. The molecule has 0 aliphatic rings. The van der Waals surface area contributed by atoms with Crippen molar-refractivity contribution < 1.29 is 14.3 Å². The highest BCUT2D eigenvalue weighted by Crippen LogP contribution is 2.23. The average molecular weight is 398 g/mol. The van der Waals surface area contributed by atoms with Crippen LogP contribution in [-0.2, 0) is 9.53 Å². The van der Waals surface area contributed by atoms with E-state index in [1.807, 2.05) is 12.1 Å². The van der Waals surface area contributed by atoms with E-state index in [9.17, 15) is 9.59 Å². The van der Waals surface area contributed by atoms with Gasteiger partial charge in [0, 0.05) is 10.2 Å². The Morgan fingerprint density at radius 1 is 1.17 bits per heavy atom. The molecule has 2 rings (SSSR count). The van der Waals surface area contributed by atoms with E-state index in [0.717, 1.165) is 4.47 Å². The van der Waals surface area contributed by atoms with Gasteiger partial charge in [0.05, 0.1) is 29.9 Å². The van der Waals surface area contributed by atoms with Crippen molar-refractivity contribution in [1.82, 2.24) is 0 Å². The number of carbonyl (C=O) groups excluding carboxylic acids is 2. The first-order valence-electron chi connectivity index (χ1n) is 6.67. The van der Waals surface area contributed by atoms with Crippen molar-refractivity contribution in [1.29, 1.82) is 0 Å². The van der Waals surface area contributed by atoms with E-state index in [1.165, 1.54) is 7.11 Å². The molecule has 5 nitrogen and oxygen atoms in total. The molecule has 0 saturated carbocycles. The molecular weight excluding hydrogens is 384 g/mol. The first-order chi connectivity index (χ1) is 11.0. The number of rotatable bonds is 5. The van der Waals surface area contributed by atoms with Crippen LogP contribution in [0.2, 0.25) is 5.02 Å². The molecule has 0 unspecified atom stereocenters. The third-order valence-corrected chi connectivity index (χ3v) is 3.81. The van der Waals surface area contributed by atoms with Crippen molar-refractivity contribution >= 4 is 50.8 Å². The number of ether oxygens (including phenoxy) is 1. The van der Waals surface area contributed by atoms with Gasteiger partial charge in [-0.25, -0.2) is 4.79 Å². The smallest absolute Gasteiger partial charge is 0.337 e. The third kappa shape index (κ3) is 4.97. The first kappa shape index (κ1) is 17.3. The molecule has 2 aromatic rings. The summed E-state index contributed by atoms with van der Waals surface area (Å²) < 4.78 is 5.58. The topological polar surface area (TPSA) is 67.4 Å². The predicted molar refractivity (Wildman–Crippen MR) is 94.1 cm³/mol. The minimum absolute atomic E-state index is 0.0143. The summed E-state index contributed by atoms with van der Waals surface area (Å²) in [6.07, 6.45) is 0. The molecular formula is C16H14BrClN2O3. The maximum absolute atomic E-state index is 11.9. The number of benzene rings is 2. The SMILES string of the molecule is COC(=O)c1ccc(Cl)c(NCC(=O)Nc2ccc(Br)cc2)c1. The number of methoxy groups -OCH3 is 1. The van der Waals surface area contributed by atoms with Gasteiger partial charge in [-0.2, -0.15) is 0 Å². The summed E-state index contributed by atoms with van der Waals surface area (Å²) in [5.74, 6) is -0.698. The zero-order chi connectivity index (χ0) is 16.8. The summed E-state index contributed by atoms with van der Waals surface area (Å²) >= 11 is 9.38. The van der Waals surface area contributed by atoms with Crippen LogP contribution in [-0.4, -0.2) is 25.5 Å². The van der Waals surface area contributed by atoms with Crippen LogP contribution in [0.25, 0.3) is 0 Å². The van der Waals surface area contributed by atoms with Crippen LogP contribution in [0.5, 0.6) is 0 Å². The Balaban J connectivity index is 1.98. The van der Waals surface area contributed by atoms with E-state index in [4.69, 9.17) is 11.6 Å². The van der Waals surface area contributed by atoms with Crippen LogP contribution in [0.4, 0.5) is 11.4 Å². The largest absolute Gasteiger partial charge is 0.465 e. The molecule has 0 aromatic heterocycles. The molecule has 0 aliphatic carbocycles. The Labute approximate surface area is 147 Å². The lowest BCUT2D eigenvalue weighted by atomic mass is 10.2. The quantitative estimate of drug-likeness (QED) is 0.750. The van der Waals surface area contributed by atoms with Gasteiger partial charge in [0.25, 0.3) is 0 Å². The molecule has 0 atom stereocenters. The van der Waals surface area contributed by atoms with Gasteiger partial charge in [-0.15, -0.1) is 0 Å². The first-order valence-corrected chi connectivity index (χ1v) is 7.84. The summed E-state index contributed by atoms with van der Waals surface area (Å²) in [4.78, 5) is 23.4. The summed E-state index contributed by atoms with van der Waals surface area (Å²) in [6, 6.07) is 11.9. The van der Waals surface area contributed by atoms with Crippen molar-refractivity contribution in [3.8, 4) is 0 Å². The number of hydrogen-bond donors (Lipinski definition) is 2. The number of amides is 1. The van der Waals surface area contributed by atoms with Crippen LogP contribution in [0.1, 0.15) is 10.4 Å². The molecule has 0 saturated heterocycles. The van der Waals surface area contributed by atoms with Crippen molar-refractivity contribution in [2.75, 3.05) is 24.3 Å². The fourth-order valence-electron chi connectivity index (χ4n) is 1.82. The van der Waals surface area contributed by atoms with Crippen LogP contribution >= 0.6 is 27.5 Å². The van der Waals surface area contributed by atoms with Gasteiger partial charge in [0.1, 0.15) is 0 Å². The van der Waals surface area contributed by atoms with Gasteiger partial charge < -0.3 is 15.4 Å². The number of halogens is 2. The highest BCUT2D eigenvalue weighted by atomic mass is 79.9. The summed E-state index contributed by atoms with van der Waals surface area (Å²) in [6.45, 7) is 0.0143. The summed E-state index contributed by atoms with van der Waals surface area (Å²) in [7, 11) is 1.30.